The molecule has 0 aliphatic heterocycles. The summed E-state index contributed by atoms with van der Waals surface area (Å²) in [5.41, 5.74) is 0.0450. The Bertz CT molecular complexity index is 493. The third-order valence-electron chi connectivity index (χ3n) is 1.99. The van der Waals surface area contributed by atoms with Gasteiger partial charge in [0.2, 0.25) is 0 Å². The van der Waals surface area contributed by atoms with Crippen molar-refractivity contribution < 1.29 is 14.0 Å². The molecule has 0 spiro atoms. The third kappa shape index (κ3) is 1.91. The van der Waals surface area contributed by atoms with Crippen LogP contribution >= 0.6 is 11.6 Å². The molecule has 1 N–H and O–H groups in total. The van der Waals surface area contributed by atoms with Crippen LogP contribution in [0.4, 0.5) is 4.39 Å². The van der Waals surface area contributed by atoms with E-state index in [4.69, 9.17) is 16.1 Å². The zero-order valence-electron chi connectivity index (χ0n) is 8.32. The van der Waals surface area contributed by atoms with Crippen LogP contribution in [0.1, 0.15) is 18.9 Å². The van der Waals surface area contributed by atoms with Crippen LogP contribution in [0.15, 0.2) is 22.7 Å². The fraction of sp³-hybridized carbons (Fsp3) is 0.200. The lowest BCUT2D eigenvalue weighted by atomic mass is 10.2. The summed E-state index contributed by atoms with van der Waals surface area (Å²) in [4.78, 5) is 3.85. The topological polar surface area (TPSA) is 59.2 Å². The van der Waals surface area contributed by atoms with Crippen LogP contribution in [0.5, 0.6) is 0 Å². The van der Waals surface area contributed by atoms with Gasteiger partial charge in [-0.25, -0.2) is 4.39 Å². The second-order valence-corrected chi connectivity index (χ2v) is 3.64. The number of aliphatic hydroxyl groups excluding tert-OH is 1. The van der Waals surface area contributed by atoms with Crippen molar-refractivity contribution in [1.29, 1.82) is 0 Å². The molecule has 6 heteroatoms. The average molecular weight is 243 g/mol. The zero-order chi connectivity index (χ0) is 11.7. The smallest absolute Gasteiger partial charge is 0.262 e. The van der Waals surface area contributed by atoms with E-state index in [2.05, 4.69) is 10.1 Å². The molecular weight excluding hydrogens is 235 g/mol. The molecule has 16 heavy (non-hydrogen) atoms. The number of aliphatic hydroxyl groups is 1. The fourth-order valence-corrected chi connectivity index (χ4v) is 1.45. The van der Waals surface area contributed by atoms with Crippen LogP contribution in [-0.4, -0.2) is 15.2 Å². The highest BCUT2D eigenvalue weighted by atomic mass is 35.5. The molecule has 0 amide bonds. The van der Waals surface area contributed by atoms with Gasteiger partial charge in [0.25, 0.3) is 5.89 Å². The lowest BCUT2D eigenvalue weighted by molar-refractivity contribution is 0.184. The Balaban J connectivity index is 2.50. The van der Waals surface area contributed by atoms with Crippen molar-refractivity contribution in [3.63, 3.8) is 0 Å². The van der Waals surface area contributed by atoms with Crippen molar-refractivity contribution in [2.75, 3.05) is 0 Å². The summed E-state index contributed by atoms with van der Waals surface area (Å²) in [6.07, 6.45) is -0.872. The highest BCUT2D eigenvalue weighted by molar-refractivity contribution is 6.33. The Morgan fingerprint density at radius 1 is 1.50 bits per heavy atom. The van der Waals surface area contributed by atoms with E-state index >= 15 is 0 Å². The number of nitrogens with zero attached hydrogens (tertiary/aromatic N) is 2. The molecule has 0 aliphatic carbocycles. The van der Waals surface area contributed by atoms with Gasteiger partial charge in [-0.05, 0) is 19.1 Å². The number of halogens is 2. The first-order valence-electron chi connectivity index (χ1n) is 4.55. The Kier molecular flexibility index (Phi) is 2.89. The van der Waals surface area contributed by atoms with Crippen LogP contribution in [0.25, 0.3) is 11.5 Å². The van der Waals surface area contributed by atoms with Crippen molar-refractivity contribution in [2.45, 2.75) is 13.0 Å². The summed E-state index contributed by atoms with van der Waals surface area (Å²) < 4.78 is 18.3. The number of hydrogen-bond donors (Lipinski definition) is 1. The van der Waals surface area contributed by atoms with Crippen molar-refractivity contribution in [3.05, 3.63) is 34.9 Å². The highest BCUT2D eigenvalue weighted by Gasteiger charge is 2.18. The minimum Gasteiger partial charge on any atom is -0.385 e. The summed E-state index contributed by atoms with van der Waals surface area (Å²) in [5, 5.41) is 12.9. The summed E-state index contributed by atoms with van der Waals surface area (Å²) in [7, 11) is 0. The van der Waals surface area contributed by atoms with Crippen LogP contribution in [0.2, 0.25) is 5.02 Å². The zero-order valence-corrected chi connectivity index (χ0v) is 9.07. The highest BCUT2D eigenvalue weighted by Crippen LogP contribution is 2.29. The number of aromatic nitrogens is 2. The van der Waals surface area contributed by atoms with E-state index in [-0.39, 0.29) is 22.3 Å². The van der Waals surface area contributed by atoms with Gasteiger partial charge in [0.1, 0.15) is 11.9 Å². The van der Waals surface area contributed by atoms with Crippen molar-refractivity contribution in [3.8, 4) is 11.5 Å². The van der Waals surface area contributed by atoms with Crippen LogP contribution in [0.3, 0.4) is 0 Å². The SMILES string of the molecule is CC(O)c1noc(-c2c(F)cccc2Cl)n1. The largest absolute Gasteiger partial charge is 0.385 e. The van der Waals surface area contributed by atoms with E-state index in [9.17, 15) is 9.50 Å². The predicted molar refractivity (Wildman–Crippen MR) is 55.3 cm³/mol. The van der Waals surface area contributed by atoms with Gasteiger partial charge < -0.3 is 9.63 Å². The van der Waals surface area contributed by atoms with Gasteiger partial charge in [-0.1, -0.05) is 22.8 Å². The molecule has 1 aromatic carbocycles. The molecule has 84 valence electrons. The number of hydrogen-bond acceptors (Lipinski definition) is 4. The molecule has 0 saturated heterocycles. The molecule has 0 fully saturated rings. The summed E-state index contributed by atoms with van der Waals surface area (Å²) in [6.45, 7) is 1.48. The maximum atomic E-state index is 13.5. The minimum absolute atomic E-state index is 0.0426. The second-order valence-electron chi connectivity index (χ2n) is 3.23. The average Bonchev–Trinajstić information content (AvgIpc) is 2.66. The van der Waals surface area contributed by atoms with Crippen molar-refractivity contribution in [2.24, 2.45) is 0 Å². The van der Waals surface area contributed by atoms with Crippen molar-refractivity contribution >= 4 is 11.6 Å². The van der Waals surface area contributed by atoms with E-state index < -0.39 is 11.9 Å². The second kappa shape index (κ2) is 4.19. The normalized spacial score (nSPS) is 12.8. The minimum atomic E-state index is -0.872. The third-order valence-corrected chi connectivity index (χ3v) is 2.31. The lowest BCUT2D eigenvalue weighted by Gasteiger charge is -1.99. The van der Waals surface area contributed by atoms with Gasteiger partial charge in [0.05, 0.1) is 10.6 Å². The van der Waals surface area contributed by atoms with Gasteiger partial charge in [-0.2, -0.15) is 4.98 Å². The van der Waals surface area contributed by atoms with Crippen LogP contribution in [-0.2, 0) is 0 Å². The monoisotopic (exact) mass is 242 g/mol. The Morgan fingerprint density at radius 2 is 2.25 bits per heavy atom. The molecule has 0 saturated carbocycles. The molecule has 2 rings (SSSR count). The Labute approximate surface area is 95.7 Å². The van der Waals surface area contributed by atoms with E-state index in [1.165, 1.54) is 25.1 Å². The van der Waals surface area contributed by atoms with Gasteiger partial charge in [0, 0.05) is 0 Å². The molecule has 1 atom stereocenters. The van der Waals surface area contributed by atoms with E-state index in [1.807, 2.05) is 0 Å². The van der Waals surface area contributed by atoms with E-state index in [0.29, 0.717) is 0 Å². The molecule has 4 nitrogen and oxygen atoms in total. The standard InChI is InChI=1S/C10H8ClFN2O2/c1-5(15)9-13-10(16-14-9)8-6(11)3-2-4-7(8)12/h2-5,15H,1H3. The van der Waals surface area contributed by atoms with E-state index in [1.54, 1.807) is 0 Å². The summed E-state index contributed by atoms with van der Waals surface area (Å²) in [6, 6.07) is 4.24. The van der Waals surface area contributed by atoms with E-state index in [0.717, 1.165) is 0 Å². The molecule has 1 heterocycles. The lowest BCUT2D eigenvalue weighted by Crippen LogP contribution is -1.93. The first-order valence-corrected chi connectivity index (χ1v) is 4.93. The van der Waals surface area contributed by atoms with Gasteiger partial charge in [-0.3, -0.25) is 0 Å². The number of benzene rings is 1. The maximum Gasteiger partial charge on any atom is 0.262 e. The molecule has 0 radical (unpaired) electrons. The predicted octanol–water partition coefficient (Wildman–Crippen LogP) is 2.58. The van der Waals surface area contributed by atoms with Crippen LogP contribution in [0, 0.1) is 5.82 Å². The summed E-state index contributed by atoms with van der Waals surface area (Å²) >= 11 is 5.82. The maximum absolute atomic E-state index is 13.5. The molecule has 1 aromatic heterocycles. The van der Waals surface area contributed by atoms with Crippen LogP contribution < -0.4 is 0 Å². The molecule has 2 aromatic rings. The first kappa shape index (κ1) is 11.0. The molecular formula is C10H8ClFN2O2. The molecule has 0 bridgehead atoms. The quantitative estimate of drug-likeness (QED) is 0.879. The summed E-state index contributed by atoms with van der Waals surface area (Å²) in [5.74, 6) is -0.499. The molecule has 0 aliphatic rings. The molecule has 1 unspecified atom stereocenters. The van der Waals surface area contributed by atoms with Gasteiger partial charge in [0.15, 0.2) is 5.82 Å². The van der Waals surface area contributed by atoms with Gasteiger partial charge in [-0.15, -0.1) is 0 Å². The fourth-order valence-electron chi connectivity index (χ4n) is 1.21. The van der Waals surface area contributed by atoms with Gasteiger partial charge >= 0.3 is 0 Å². The Hall–Kier alpha value is -1.46. The number of rotatable bonds is 2. The first-order chi connectivity index (χ1) is 7.59. The van der Waals surface area contributed by atoms with Crippen molar-refractivity contribution in [1.82, 2.24) is 10.1 Å². The Morgan fingerprint density at radius 3 is 2.81 bits per heavy atom.